The Kier molecular flexibility index (Phi) is 5.12. The maximum Gasteiger partial charge on any atom is 0.231 e. The smallest absolute Gasteiger partial charge is 0.231 e. The molecular weight excluding hydrogens is 266 g/mol. The summed E-state index contributed by atoms with van der Waals surface area (Å²) in [7, 11) is 0. The van der Waals surface area contributed by atoms with Gasteiger partial charge in [-0.25, -0.2) is 9.97 Å². The van der Waals surface area contributed by atoms with Gasteiger partial charge in [-0.05, 0) is 31.7 Å². The van der Waals surface area contributed by atoms with Crippen LogP contribution in [0.15, 0.2) is 6.07 Å². The highest BCUT2D eigenvalue weighted by molar-refractivity contribution is 5.75. The van der Waals surface area contributed by atoms with E-state index in [1.165, 1.54) is 0 Å². The molecular formula is C15H25N5O. The van der Waals surface area contributed by atoms with E-state index in [0.29, 0.717) is 24.5 Å². The van der Waals surface area contributed by atoms with E-state index in [-0.39, 0.29) is 5.91 Å². The maximum absolute atomic E-state index is 10.9. The molecule has 1 aromatic rings. The van der Waals surface area contributed by atoms with E-state index < -0.39 is 0 Å². The monoisotopic (exact) mass is 291 g/mol. The second-order valence-electron chi connectivity index (χ2n) is 6.07. The molecule has 1 aromatic heterocycles. The van der Waals surface area contributed by atoms with Crippen molar-refractivity contribution in [3.63, 3.8) is 0 Å². The van der Waals surface area contributed by atoms with Gasteiger partial charge in [0.1, 0.15) is 0 Å². The van der Waals surface area contributed by atoms with Gasteiger partial charge in [0.25, 0.3) is 0 Å². The largest absolute Gasteiger partial charge is 0.369 e. The molecule has 3 N–H and O–H groups in total. The van der Waals surface area contributed by atoms with Crippen LogP contribution in [0.2, 0.25) is 0 Å². The zero-order valence-electron chi connectivity index (χ0n) is 13.1. The summed E-state index contributed by atoms with van der Waals surface area (Å²) in [6.45, 7) is 8.37. The number of amides is 1. The first-order valence-corrected chi connectivity index (χ1v) is 7.57. The fourth-order valence-electron chi connectivity index (χ4n) is 2.59. The summed E-state index contributed by atoms with van der Waals surface area (Å²) >= 11 is 0. The second-order valence-corrected chi connectivity index (χ2v) is 6.07. The van der Waals surface area contributed by atoms with Crippen LogP contribution in [0.4, 0.5) is 5.95 Å². The Bertz CT molecular complexity index is 495. The van der Waals surface area contributed by atoms with Gasteiger partial charge in [-0.2, -0.15) is 0 Å². The summed E-state index contributed by atoms with van der Waals surface area (Å²) in [4.78, 5) is 22.1. The van der Waals surface area contributed by atoms with Gasteiger partial charge >= 0.3 is 0 Å². The number of likely N-dealkylation sites (tertiary alicyclic amines) is 1. The van der Waals surface area contributed by atoms with Crippen molar-refractivity contribution in [1.82, 2.24) is 14.9 Å². The van der Waals surface area contributed by atoms with Gasteiger partial charge in [-0.1, -0.05) is 13.8 Å². The van der Waals surface area contributed by atoms with Gasteiger partial charge in [0.2, 0.25) is 11.9 Å². The van der Waals surface area contributed by atoms with E-state index in [0.717, 1.165) is 37.3 Å². The Morgan fingerprint density at radius 1 is 1.43 bits per heavy atom. The molecule has 6 heteroatoms. The first-order valence-electron chi connectivity index (χ1n) is 7.57. The molecule has 0 atom stereocenters. The number of carbonyl (C=O) groups is 1. The number of piperidine rings is 1. The molecule has 1 aliphatic heterocycles. The molecule has 0 aromatic carbocycles. The van der Waals surface area contributed by atoms with Crippen LogP contribution in [0.5, 0.6) is 0 Å². The summed E-state index contributed by atoms with van der Waals surface area (Å²) in [6, 6.07) is 2.39. The van der Waals surface area contributed by atoms with Crippen molar-refractivity contribution in [3.05, 3.63) is 17.5 Å². The van der Waals surface area contributed by atoms with E-state index >= 15 is 0 Å². The summed E-state index contributed by atoms with van der Waals surface area (Å²) < 4.78 is 0. The Balaban J connectivity index is 1.93. The molecule has 6 nitrogen and oxygen atoms in total. The van der Waals surface area contributed by atoms with Crippen LogP contribution >= 0.6 is 0 Å². The van der Waals surface area contributed by atoms with E-state index in [4.69, 9.17) is 5.73 Å². The molecule has 0 saturated carbocycles. The minimum atomic E-state index is -0.259. The predicted octanol–water partition coefficient (Wildman–Crippen LogP) is 1.27. The third kappa shape index (κ3) is 4.67. The standard InChI is InChI=1S/C15H25N5O/c1-10(2)13-8-11(3)17-15(19-13)18-12-4-6-20(7-5-12)9-14(16)21/h8,10,12H,4-7,9H2,1-3H3,(H2,16,21)(H,17,18,19). The number of carbonyl (C=O) groups excluding carboxylic acids is 1. The van der Waals surface area contributed by atoms with Crippen molar-refractivity contribution in [2.75, 3.05) is 25.0 Å². The number of rotatable bonds is 5. The Morgan fingerprint density at radius 2 is 2.10 bits per heavy atom. The van der Waals surface area contributed by atoms with Crippen LogP contribution in [0.25, 0.3) is 0 Å². The average Bonchev–Trinajstić information content (AvgIpc) is 2.39. The Morgan fingerprint density at radius 3 is 2.67 bits per heavy atom. The lowest BCUT2D eigenvalue weighted by Crippen LogP contribution is -2.43. The number of nitrogens with zero attached hydrogens (tertiary/aromatic N) is 3. The van der Waals surface area contributed by atoms with E-state index in [9.17, 15) is 4.79 Å². The zero-order chi connectivity index (χ0) is 15.4. The summed E-state index contributed by atoms with van der Waals surface area (Å²) in [5.74, 6) is 0.849. The van der Waals surface area contributed by atoms with Crippen molar-refractivity contribution in [2.45, 2.75) is 45.6 Å². The Hall–Kier alpha value is -1.69. The highest BCUT2D eigenvalue weighted by Crippen LogP contribution is 2.17. The van der Waals surface area contributed by atoms with Crippen LogP contribution < -0.4 is 11.1 Å². The molecule has 116 valence electrons. The number of hydrogen-bond donors (Lipinski definition) is 2. The normalized spacial score (nSPS) is 17.1. The van der Waals surface area contributed by atoms with Gasteiger partial charge in [-0.15, -0.1) is 0 Å². The third-order valence-corrected chi connectivity index (χ3v) is 3.77. The number of nitrogens with two attached hydrogens (primary N) is 1. The summed E-state index contributed by atoms with van der Waals surface area (Å²) in [5, 5.41) is 3.43. The van der Waals surface area contributed by atoms with E-state index in [2.05, 4.69) is 34.0 Å². The van der Waals surface area contributed by atoms with Gasteiger partial charge in [0.05, 0.1) is 6.54 Å². The minimum absolute atomic E-state index is 0.259. The summed E-state index contributed by atoms with van der Waals surface area (Å²) in [6.07, 6.45) is 1.95. The van der Waals surface area contributed by atoms with Crippen LogP contribution in [0.3, 0.4) is 0 Å². The first-order chi connectivity index (χ1) is 9.94. The van der Waals surface area contributed by atoms with Crippen LogP contribution in [-0.2, 0) is 4.79 Å². The average molecular weight is 291 g/mol. The number of aromatic nitrogens is 2. The molecule has 1 amide bonds. The molecule has 0 bridgehead atoms. The Labute approximate surface area is 126 Å². The maximum atomic E-state index is 10.9. The van der Waals surface area contributed by atoms with E-state index in [1.807, 2.05) is 13.0 Å². The zero-order valence-corrected chi connectivity index (χ0v) is 13.1. The summed E-state index contributed by atoms with van der Waals surface area (Å²) in [5.41, 5.74) is 7.28. The van der Waals surface area contributed by atoms with Crippen molar-refractivity contribution in [3.8, 4) is 0 Å². The molecule has 2 heterocycles. The van der Waals surface area contributed by atoms with Crippen LogP contribution in [-0.4, -0.2) is 46.5 Å². The molecule has 1 saturated heterocycles. The molecule has 2 rings (SSSR count). The van der Waals surface area contributed by atoms with Crippen LogP contribution in [0.1, 0.15) is 44.0 Å². The van der Waals surface area contributed by atoms with Gasteiger partial charge in [-0.3, -0.25) is 9.69 Å². The van der Waals surface area contributed by atoms with E-state index in [1.54, 1.807) is 0 Å². The molecule has 1 fully saturated rings. The highest BCUT2D eigenvalue weighted by atomic mass is 16.1. The SMILES string of the molecule is Cc1cc(C(C)C)nc(NC2CCN(CC(N)=O)CC2)n1. The number of primary amides is 1. The van der Waals surface area contributed by atoms with Crippen LogP contribution in [0, 0.1) is 6.92 Å². The van der Waals surface area contributed by atoms with Crippen molar-refractivity contribution in [2.24, 2.45) is 5.73 Å². The molecule has 1 aliphatic rings. The minimum Gasteiger partial charge on any atom is -0.369 e. The number of hydrogen-bond acceptors (Lipinski definition) is 5. The lowest BCUT2D eigenvalue weighted by Gasteiger charge is -2.31. The molecule has 0 aliphatic carbocycles. The van der Waals surface area contributed by atoms with Gasteiger partial charge in [0.15, 0.2) is 0 Å². The van der Waals surface area contributed by atoms with Gasteiger partial charge < -0.3 is 11.1 Å². The quantitative estimate of drug-likeness (QED) is 0.853. The van der Waals surface area contributed by atoms with Gasteiger partial charge in [0, 0.05) is 30.5 Å². The first kappa shape index (κ1) is 15.7. The number of aryl methyl sites for hydroxylation is 1. The van der Waals surface area contributed by atoms with Crippen molar-refractivity contribution in [1.29, 1.82) is 0 Å². The highest BCUT2D eigenvalue weighted by Gasteiger charge is 2.20. The fraction of sp³-hybridized carbons (Fsp3) is 0.667. The second kappa shape index (κ2) is 6.85. The lowest BCUT2D eigenvalue weighted by atomic mass is 10.1. The lowest BCUT2D eigenvalue weighted by molar-refractivity contribution is -0.119. The number of nitrogens with one attached hydrogen (secondary N) is 1. The molecule has 0 spiro atoms. The fourth-order valence-corrected chi connectivity index (χ4v) is 2.59. The van der Waals surface area contributed by atoms with Crippen molar-refractivity contribution < 1.29 is 4.79 Å². The molecule has 21 heavy (non-hydrogen) atoms. The topological polar surface area (TPSA) is 84.1 Å². The number of anilines is 1. The van der Waals surface area contributed by atoms with Crippen molar-refractivity contribution >= 4 is 11.9 Å². The molecule has 0 radical (unpaired) electrons. The third-order valence-electron chi connectivity index (χ3n) is 3.77. The predicted molar refractivity (Wildman–Crippen MR) is 83.1 cm³/mol. The molecule has 0 unspecified atom stereocenters.